The Morgan fingerprint density at radius 2 is 0.779 bits per heavy atom. The monoisotopic (exact) mass is 1560 g/mol. The van der Waals surface area contributed by atoms with Gasteiger partial charge >= 0.3 is 6.36 Å². The van der Waals surface area contributed by atoms with Gasteiger partial charge in [-0.15, -0.1) is 13.2 Å². The van der Waals surface area contributed by atoms with Gasteiger partial charge in [-0.25, -0.2) is 4.39 Å². The van der Waals surface area contributed by atoms with Crippen LogP contribution in [0.2, 0.25) is 0 Å². The Kier molecular flexibility index (Phi) is 50.9. The number of hydrogen-bond donors (Lipinski definition) is 0. The van der Waals surface area contributed by atoms with E-state index in [9.17, 15) is 17.6 Å². The summed E-state index contributed by atoms with van der Waals surface area (Å²) in [6.07, 6.45) is 12.9. The largest absolute Gasteiger partial charge is 0.573 e. The van der Waals surface area contributed by atoms with E-state index in [2.05, 4.69) is 301 Å². The third kappa shape index (κ3) is 47.2. The van der Waals surface area contributed by atoms with E-state index in [-0.39, 0.29) is 17.5 Å². The van der Waals surface area contributed by atoms with Gasteiger partial charge in [-0.3, -0.25) is 4.90 Å². The molecular weight excluding hydrogens is 1400 g/mol. The van der Waals surface area contributed by atoms with Crippen LogP contribution in [0.1, 0.15) is 336 Å². The Morgan fingerprint density at radius 1 is 0.407 bits per heavy atom. The molecule has 6 fully saturated rings. The number of alkyl halides is 3. The molecular formula is C104H165F4N3O2. The Balaban J connectivity index is 0.000000421. The Morgan fingerprint density at radius 3 is 1.06 bits per heavy atom. The van der Waals surface area contributed by atoms with Gasteiger partial charge in [0, 0.05) is 31.2 Å². The molecule has 3 saturated heterocycles. The van der Waals surface area contributed by atoms with Crippen molar-refractivity contribution in [1.82, 2.24) is 14.7 Å². The van der Waals surface area contributed by atoms with Crippen LogP contribution in [0.15, 0.2) is 164 Å². The maximum absolute atomic E-state index is 12.8. The molecule has 0 N–H and O–H groups in total. The van der Waals surface area contributed by atoms with Crippen LogP contribution >= 0.6 is 0 Å². The van der Waals surface area contributed by atoms with Crippen LogP contribution in [0.5, 0.6) is 5.75 Å². The molecule has 0 amide bonds. The summed E-state index contributed by atoms with van der Waals surface area (Å²) in [4.78, 5) is 7.52. The summed E-state index contributed by atoms with van der Waals surface area (Å²) >= 11 is 0. The molecule has 3 aliphatic heterocycles. The smallest absolute Gasteiger partial charge is 0.406 e. The number of halogens is 4. The fraction of sp³-hybridized carbons (Fsp3) is 0.615. The number of nitrogens with zero attached hydrogens (tertiary/aromatic N) is 3. The van der Waals surface area contributed by atoms with Crippen molar-refractivity contribution >= 4 is 10.8 Å². The molecule has 636 valence electrons. The van der Waals surface area contributed by atoms with Crippen LogP contribution in [-0.4, -0.2) is 91.7 Å². The van der Waals surface area contributed by atoms with E-state index in [1.54, 1.807) is 18.2 Å². The highest BCUT2D eigenvalue weighted by molar-refractivity contribution is 5.83. The number of piperidine rings is 1. The minimum Gasteiger partial charge on any atom is -0.406 e. The molecule has 5 nitrogen and oxygen atoms in total. The van der Waals surface area contributed by atoms with Gasteiger partial charge in [0.05, 0.1) is 13.2 Å². The second-order valence-electron chi connectivity index (χ2n) is 36.5. The van der Waals surface area contributed by atoms with E-state index in [0.717, 1.165) is 84.5 Å². The van der Waals surface area contributed by atoms with Crippen molar-refractivity contribution in [2.24, 2.45) is 35.0 Å². The zero-order valence-corrected chi connectivity index (χ0v) is 77.0. The molecule has 9 heteroatoms. The van der Waals surface area contributed by atoms with Gasteiger partial charge in [0.15, 0.2) is 0 Å². The van der Waals surface area contributed by atoms with Crippen LogP contribution < -0.4 is 4.74 Å². The van der Waals surface area contributed by atoms with E-state index in [1.807, 2.05) is 39.8 Å². The van der Waals surface area contributed by atoms with Crippen molar-refractivity contribution in [2.75, 3.05) is 52.5 Å². The molecule has 3 saturated carbocycles. The van der Waals surface area contributed by atoms with E-state index < -0.39 is 6.36 Å². The number of likely N-dealkylation sites (tertiary alicyclic amines) is 2. The minimum absolute atomic E-state index is 0.0995. The van der Waals surface area contributed by atoms with Crippen molar-refractivity contribution in [1.29, 1.82) is 0 Å². The first-order valence-corrected chi connectivity index (χ1v) is 44.2. The molecule has 7 aromatic rings. The molecule has 13 rings (SSSR count). The van der Waals surface area contributed by atoms with Crippen LogP contribution in [-0.2, 0) is 4.74 Å². The number of aryl methyl sites for hydroxylation is 3. The number of fused-ring (bicyclic) bond motifs is 1. The first kappa shape index (κ1) is 103. The van der Waals surface area contributed by atoms with Crippen LogP contribution in [0.25, 0.3) is 10.8 Å². The van der Waals surface area contributed by atoms with Crippen molar-refractivity contribution < 1.29 is 27.0 Å². The zero-order valence-electron chi connectivity index (χ0n) is 77.0. The minimum atomic E-state index is -4.61. The topological polar surface area (TPSA) is 28.2 Å². The molecule has 3 heterocycles. The predicted molar refractivity (Wildman–Crippen MR) is 487 cm³/mol. The second kappa shape index (κ2) is 55.7. The van der Waals surface area contributed by atoms with Crippen molar-refractivity contribution in [3.8, 4) is 5.75 Å². The molecule has 0 atom stereocenters. The van der Waals surface area contributed by atoms with Crippen LogP contribution in [0.3, 0.4) is 0 Å². The molecule has 0 aromatic heterocycles. The Labute approximate surface area is 692 Å². The van der Waals surface area contributed by atoms with Crippen LogP contribution in [0, 0.1) is 61.6 Å². The second-order valence-corrected chi connectivity index (χ2v) is 36.5. The summed E-state index contributed by atoms with van der Waals surface area (Å²) < 4.78 is 57.1. The Hall–Kier alpha value is -5.84. The van der Waals surface area contributed by atoms with Gasteiger partial charge in [0.2, 0.25) is 0 Å². The molecule has 6 aliphatic rings. The first-order valence-electron chi connectivity index (χ1n) is 44.2. The van der Waals surface area contributed by atoms with Crippen LogP contribution in [0.4, 0.5) is 17.6 Å². The lowest BCUT2D eigenvalue weighted by atomic mass is 9.95. The summed E-state index contributed by atoms with van der Waals surface area (Å²) in [7, 11) is 0. The average molecular weight is 1570 g/mol. The lowest BCUT2D eigenvalue weighted by molar-refractivity contribution is -0.274. The van der Waals surface area contributed by atoms with Gasteiger partial charge in [0.25, 0.3) is 0 Å². The summed E-state index contributed by atoms with van der Waals surface area (Å²) in [5, 5.41) is 2.67. The Bertz CT molecular complexity index is 3360. The molecule has 7 aromatic carbocycles. The quantitative estimate of drug-likeness (QED) is 0.101. The number of rotatable bonds is 14. The fourth-order valence-corrected chi connectivity index (χ4v) is 13.3. The van der Waals surface area contributed by atoms with Gasteiger partial charge in [-0.1, -0.05) is 302 Å². The van der Waals surface area contributed by atoms with Gasteiger partial charge in [-0.05, 0) is 290 Å². The van der Waals surface area contributed by atoms with Gasteiger partial charge in [0.1, 0.15) is 11.6 Å². The van der Waals surface area contributed by atoms with E-state index >= 15 is 0 Å². The molecule has 0 unspecified atom stereocenters. The normalized spacial score (nSPS) is 15.8. The highest BCUT2D eigenvalue weighted by Crippen LogP contribution is 2.51. The third-order valence-corrected chi connectivity index (χ3v) is 22.4. The summed E-state index contributed by atoms with van der Waals surface area (Å²) in [6.45, 7) is 71.3. The summed E-state index contributed by atoms with van der Waals surface area (Å²) in [6, 6.07) is 56.0. The standard InChI is InChI=1S/C13H14.C10H11F3O.3C10H14.C9H11F.C8H17N.C7H15NO.C7H15N.2C7H14.C6H12/c1-10(2)12-8-7-11-5-3-4-6-13(11)9-12;1-7(2)8-3-5-9(6-4-8)14-10(11,12)13;1-8(2)10-6-4-9(3)5-7-10;2*1-8(2)10-7-5-4-6-9(10)3;1-7(2)8-5-3-4-6-9(8)10;1-8(2)9-6-4-3-5-7-9;1-7(2)8-3-5-9-6-4-8;1-7(2)8-5-3-4-6-8;1-6(2)7(3)4-5-7;1-6(2)5-7-3-4-7;1-5(2)6-3-4-6/h3-10H,1-2H3;3-7H,1-2H3;3*4-8H,1-3H3;3-7H,1-2H3;8H,3-7H2,1-2H3;7H,3-6H2,1-2H3;7H,3-6H2,1-2H3;6H,4-5H2,1-3H3;6-7H,3-5H2,1-2H3;5-6H,3-4H2,1-2H3. The van der Waals surface area contributed by atoms with Crippen molar-refractivity contribution in [2.45, 2.75) is 331 Å². The molecule has 0 radical (unpaired) electrons. The van der Waals surface area contributed by atoms with E-state index in [1.165, 1.54) is 171 Å². The predicted octanol–water partition coefficient (Wildman–Crippen LogP) is 31.0. The number of morpholine rings is 1. The van der Waals surface area contributed by atoms with E-state index in [0.29, 0.717) is 35.6 Å². The SMILES string of the molecule is CC(C)C1(C)CC1.CC(C)C1CC1.CC(C)CC1CC1.CC(C)N1CCCC1.CC(C)N1CCCCC1.CC(C)N1CCOCC1.CC(C)c1ccc(OC(F)(F)F)cc1.CC(C)c1ccc2ccccc2c1.CC(C)c1ccccc1F.Cc1ccc(C(C)C)cc1.Cc1ccccc1C(C)C.Cc1ccccc1C(C)C. The number of ether oxygens (including phenoxy) is 2. The maximum atomic E-state index is 12.8. The molecule has 0 bridgehead atoms. The highest BCUT2D eigenvalue weighted by Gasteiger charge is 2.39. The number of benzene rings is 7. The highest BCUT2D eigenvalue weighted by atomic mass is 19.4. The molecule has 113 heavy (non-hydrogen) atoms. The van der Waals surface area contributed by atoms with Gasteiger partial charge < -0.3 is 19.3 Å². The average Bonchev–Trinajstić information content (AvgIpc) is 1.67. The van der Waals surface area contributed by atoms with Crippen molar-refractivity contribution in [3.05, 3.63) is 220 Å². The third-order valence-electron chi connectivity index (χ3n) is 22.4. The summed E-state index contributed by atoms with van der Waals surface area (Å²) in [5.74, 6) is 7.91. The fourth-order valence-electron chi connectivity index (χ4n) is 13.3. The lowest BCUT2D eigenvalue weighted by Gasteiger charge is -2.29. The van der Waals surface area contributed by atoms with Gasteiger partial charge in [-0.2, -0.15) is 0 Å². The lowest BCUT2D eigenvalue weighted by Crippen LogP contribution is -2.40. The van der Waals surface area contributed by atoms with Crippen molar-refractivity contribution in [3.63, 3.8) is 0 Å². The van der Waals surface area contributed by atoms with E-state index in [4.69, 9.17) is 4.74 Å². The molecule has 3 aliphatic carbocycles. The zero-order chi connectivity index (χ0) is 85.0. The molecule has 0 spiro atoms. The maximum Gasteiger partial charge on any atom is 0.573 e. The summed E-state index contributed by atoms with van der Waals surface area (Å²) in [5.41, 5.74) is 12.4. The first-order chi connectivity index (χ1) is 53.2. The number of hydrogen-bond acceptors (Lipinski definition) is 5.